The Morgan fingerprint density at radius 1 is 1.20 bits per heavy atom. The standard InChI is InChI=1S/C19H26N2O2S2/c1-11(2)15(13-8-7-9-24-13)21-17(22)16-12(3)10-14(25-16)20-18(23)19(4,5)6/h7-11,15H,1-6H3,(H,20,23)(H,21,22). The number of carbonyl (C=O) groups is 2. The lowest BCUT2D eigenvalue weighted by atomic mass is 9.96. The van der Waals surface area contributed by atoms with Gasteiger partial charge in [0.25, 0.3) is 5.91 Å². The summed E-state index contributed by atoms with van der Waals surface area (Å²) in [5.41, 5.74) is 0.405. The first-order valence-electron chi connectivity index (χ1n) is 8.35. The molecule has 25 heavy (non-hydrogen) atoms. The highest BCUT2D eigenvalue weighted by atomic mass is 32.1. The van der Waals surface area contributed by atoms with E-state index in [0.717, 1.165) is 10.4 Å². The number of nitrogens with one attached hydrogen (secondary N) is 2. The molecule has 0 aliphatic heterocycles. The third-order valence-corrected chi connectivity index (χ3v) is 5.95. The van der Waals surface area contributed by atoms with E-state index in [-0.39, 0.29) is 17.9 Å². The first-order chi connectivity index (χ1) is 11.6. The Morgan fingerprint density at radius 2 is 1.88 bits per heavy atom. The van der Waals surface area contributed by atoms with Crippen molar-refractivity contribution < 1.29 is 9.59 Å². The lowest BCUT2D eigenvalue weighted by Gasteiger charge is -2.21. The number of aryl methyl sites for hydroxylation is 1. The first kappa shape index (κ1) is 19.7. The predicted molar refractivity (Wildman–Crippen MR) is 107 cm³/mol. The average molecular weight is 379 g/mol. The fourth-order valence-electron chi connectivity index (χ4n) is 2.31. The topological polar surface area (TPSA) is 58.2 Å². The van der Waals surface area contributed by atoms with Gasteiger partial charge in [0, 0.05) is 10.3 Å². The van der Waals surface area contributed by atoms with Crippen LogP contribution in [-0.4, -0.2) is 11.8 Å². The van der Waals surface area contributed by atoms with Gasteiger partial charge >= 0.3 is 0 Å². The third-order valence-electron chi connectivity index (χ3n) is 3.84. The molecule has 0 saturated heterocycles. The van der Waals surface area contributed by atoms with Crippen molar-refractivity contribution in [2.45, 2.75) is 47.6 Å². The maximum atomic E-state index is 12.8. The summed E-state index contributed by atoms with van der Waals surface area (Å²) < 4.78 is 0. The predicted octanol–water partition coefficient (Wildman–Crippen LogP) is 5.23. The van der Waals surface area contributed by atoms with E-state index in [2.05, 4.69) is 24.5 Å². The van der Waals surface area contributed by atoms with Crippen LogP contribution in [0.15, 0.2) is 23.6 Å². The van der Waals surface area contributed by atoms with Crippen LogP contribution >= 0.6 is 22.7 Å². The highest BCUT2D eigenvalue weighted by molar-refractivity contribution is 7.18. The van der Waals surface area contributed by atoms with E-state index in [9.17, 15) is 9.59 Å². The smallest absolute Gasteiger partial charge is 0.262 e. The maximum absolute atomic E-state index is 12.8. The molecule has 0 aliphatic rings. The van der Waals surface area contributed by atoms with Gasteiger partial charge in [-0.1, -0.05) is 40.7 Å². The fraction of sp³-hybridized carbons (Fsp3) is 0.474. The minimum Gasteiger partial charge on any atom is -0.343 e. The molecule has 0 spiro atoms. The second kappa shape index (κ2) is 7.70. The molecule has 2 aromatic rings. The van der Waals surface area contributed by atoms with E-state index in [0.29, 0.717) is 15.8 Å². The van der Waals surface area contributed by atoms with E-state index < -0.39 is 5.41 Å². The van der Waals surface area contributed by atoms with Crippen LogP contribution in [0.3, 0.4) is 0 Å². The van der Waals surface area contributed by atoms with Crippen molar-refractivity contribution in [2.75, 3.05) is 5.32 Å². The summed E-state index contributed by atoms with van der Waals surface area (Å²) in [6.45, 7) is 11.7. The molecule has 0 saturated carbocycles. The van der Waals surface area contributed by atoms with Gasteiger partial charge in [0.05, 0.1) is 15.9 Å². The van der Waals surface area contributed by atoms with Crippen molar-refractivity contribution >= 4 is 39.5 Å². The number of hydrogen-bond donors (Lipinski definition) is 2. The van der Waals surface area contributed by atoms with Gasteiger partial charge in [-0.3, -0.25) is 9.59 Å². The Balaban J connectivity index is 2.15. The van der Waals surface area contributed by atoms with Gasteiger partial charge in [-0.25, -0.2) is 0 Å². The summed E-state index contributed by atoms with van der Waals surface area (Å²) in [5.74, 6) is 0.146. The molecule has 0 aromatic carbocycles. The van der Waals surface area contributed by atoms with Crippen LogP contribution in [0.25, 0.3) is 0 Å². The van der Waals surface area contributed by atoms with E-state index in [4.69, 9.17) is 0 Å². The normalized spacial score (nSPS) is 12.9. The zero-order valence-electron chi connectivity index (χ0n) is 15.6. The molecule has 6 heteroatoms. The monoisotopic (exact) mass is 378 g/mol. The third kappa shape index (κ3) is 4.92. The lowest BCUT2D eigenvalue weighted by Crippen LogP contribution is -2.31. The molecule has 2 heterocycles. The molecule has 2 rings (SSSR count). The second-order valence-electron chi connectivity index (χ2n) is 7.54. The summed E-state index contributed by atoms with van der Waals surface area (Å²) in [4.78, 5) is 26.7. The Morgan fingerprint density at radius 3 is 2.40 bits per heavy atom. The van der Waals surface area contributed by atoms with E-state index in [1.165, 1.54) is 11.3 Å². The maximum Gasteiger partial charge on any atom is 0.262 e. The van der Waals surface area contributed by atoms with Crippen molar-refractivity contribution in [3.63, 3.8) is 0 Å². The van der Waals surface area contributed by atoms with Crippen LogP contribution < -0.4 is 10.6 Å². The Hall–Kier alpha value is -1.66. The van der Waals surface area contributed by atoms with Crippen LogP contribution in [0.2, 0.25) is 0 Å². The van der Waals surface area contributed by atoms with Gasteiger partial charge < -0.3 is 10.6 Å². The largest absolute Gasteiger partial charge is 0.343 e. The number of anilines is 1. The second-order valence-corrected chi connectivity index (χ2v) is 9.57. The average Bonchev–Trinajstić information content (AvgIpc) is 3.13. The quantitative estimate of drug-likeness (QED) is 0.748. The van der Waals surface area contributed by atoms with Crippen molar-refractivity contribution in [3.05, 3.63) is 38.9 Å². The van der Waals surface area contributed by atoms with E-state index >= 15 is 0 Å². The summed E-state index contributed by atoms with van der Waals surface area (Å²) in [5, 5.41) is 8.77. The molecule has 0 bridgehead atoms. The molecule has 136 valence electrons. The molecule has 2 N–H and O–H groups in total. The molecular formula is C19H26N2O2S2. The van der Waals surface area contributed by atoms with Crippen molar-refractivity contribution in [1.82, 2.24) is 5.32 Å². The van der Waals surface area contributed by atoms with E-state index in [1.807, 2.05) is 51.3 Å². The Kier molecular flexibility index (Phi) is 6.06. The van der Waals surface area contributed by atoms with Crippen LogP contribution in [0.1, 0.15) is 60.8 Å². The number of amides is 2. The highest BCUT2D eigenvalue weighted by Gasteiger charge is 2.25. The lowest BCUT2D eigenvalue weighted by molar-refractivity contribution is -0.123. The molecule has 2 amide bonds. The summed E-state index contributed by atoms with van der Waals surface area (Å²) in [6.07, 6.45) is 0. The highest BCUT2D eigenvalue weighted by Crippen LogP contribution is 2.31. The zero-order chi connectivity index (χ0) is 18.8. The Bertz CT molecular complexity index is 740. The number of carbonyl (C=O) groups excluding carboxylic acids is 2. The van der Waals surface area contributed by atoms with Gasteiger partial charge in [0.15, 0.2) is 0 Å². The van der Waals surface area contributed by atoms with Gasteiger partial charge in [-0.2, -0.15) is 0 Å². The molecule has 4 nitrogen and oxygen atoms in total. The first-order valence-corrected chi connectivity index (χ1v) is 10.1. The molecule has 0 aliphatic carbocycles. The molecule has 0 radical (unpaired) electrons. The van der Waals surface area contributed by atoms with Crippen molar-refractivity contribution in [2.24, 2.45) is 11.3 Å². The zero-order valence-corrected chi connectivity index (χ0v) is 17.2. The molecule has 1 unspecified atom stereocenters. The van der Waals surface area contributed by atoms with Gasteiger partial charge in [0.2, 0.25) is 5.91 Å². The fourth-order valence-corrected chi connectivity index (χ4v) is 4.23. The van der Waals surface area contributed by atoms with Crippen LogP contribution in [-0.2, 0) is 4.79 Å². The summed E-state index contributed by atoms with van der Waals surface area (Å²) in [6, 6.07) is 5.89. The van der Waals surface area contributed by atoms with Crippen molar-refractivity contribution in [1.29, 1.82) is 0 Å². The SMILES string of the molecule is Cc1cc(NC(=O)C(C)(C)C)sc1C(=O)NC(c1cccs1)C(C)C. The van der Waals surface area contributed by atoms with Crippen LogP contribution in [0.4, 0.5) is 5.00 Å². The minimum absolute atomic E-state index is 0.0124. The van der Waals surface area contributed by atoms with Gasteiger partial charge in [-0.15, -0.1) is 22.7 Å². The summed E-state index contributed by atoms with van der Waals surface area (Å²) in [7, 11) is 0. The van der Waals surface area contributed by atoms with Gasteiger partial charge in [0.1, 0.15) is 0 Å². The molecule has 0 fully saturated rings. The number of thiophene rings is 2. The number of hydrogen-bond acceptors (Lipinski definition) is 4. The van der Waals surface area contributed by atoms with Crippen LogP contribution in [0, 0.1) is 18.3 Å². The molecule has 2 aromatic heterocycles. The van der Waals surface area contributed by atoms with Crippen molar-refractivity contribution in [3.8, 4) is 0 Å². The van der Waals surface area contributed by atoms with Crippen LogP contribution in [0.5, 0.6) is 0 Å². The van der Waals surface area contributed by atoms with Gasteiger partial charge in [-0.05, 0) is 35.9 Å². The molecule has 1 atom stereocenters. The summed E-state index contributed by atoms with van der Waals surface area (Å²) >= 11 is 2.97. The molecular weight excluding hydrogens is 352 g/mol. The number of rotatable bonds is 5. The Labute approximate surface area is 157 Å². The van der Waals surface area contributed by atoms with E-state index in [1.54, 1.807) is 11.3 Å². The minimum atomic E-state index is -0.470.